The molecule has 19 heavy (non-hydrogen) atoms. The van der Waals surface area contributed by atoms with Crippen molar-refractivity contribution in [3.8, 4) is 0 Å². The first-order valence-corrected chi connectivity index (χ1v) is 5.82. The molecule has 0 bridgehead atoms. The van der Waals surface area contributed by atoms with Gasteiger partial charge >= 0.3 is 0 Å². The number of benzene rings is 1. The fraction of sp³-hybridized carbons (Fsp3) is 0.250. The molecule has 0 spiro atoms. The van der Waals surface area contributed by atoms with E-state index >= 15 is 0 Å². The van der Waals surface area contributed by atoms with Crippen molar-refractivity contribution in [2.24, 2.45) is 0 Å². The lowest BCUT2D eigenvalue weighted by atomic mass is 10.2. The van der Waals surface area contributed by atoms with Crippen LogP contribution >= 0.6 is 0 Å². The Morgan fingerprint density at radius 1 is 1.42 bits per heavy atom. The monoisotopic (exact) mass is 261 g/mol. The van der Waals surface area contributed by atoms with Crippen LogP contribution in [0.1, 0.15) is 11.4 Å². The van der Waals surface area contributed by atoms with Crippen LogP contribution in [0, 0.1) is 12.7 Å². The van der Waals surface area contributed by atoms with Crippen LogP contribution in [-0.4, -0.2) is 19.7 Å². The standard InChI is InChI=1S/C12H12FN5O/c1-7-4-10-9(5-8(7)13)16-12(14)18(10)3-2-11-15-6-19-17-11/h4-6H,2-3H2,1H3,(H2,14,16). The molecule has 0 aliphatic carbocycles. The molecule has 2 heterocycles. The van der Waals surface area contributed by atoms with Gasteiger partial charge in [-0.05, 0) is 18.6 Å². The number of anilines is 1. The second kappa shape index (κ2) is 4.34. The highest BCUT2D eigenvalue weighted by Gasteiger charge is 2.11. The van der Waals surface area contributed by atoms with E-state index in [0.29, 0.717) is 35.8 Å². The van der Waals surface area contributed by atoms with E-state index < -0.39 is 0 Å². The van der Waals surface area contributed by atoms with Crippen LogP contribution in [0.5, 0.6) is 0 Å². The zero-order valence-corrected chi connectivity index (χ0v) is 10.3. The zero-order chi connectivity index (χ0) is 13.4. The summed E-state index contributed by atoms with van der Waals surface area (Å²) in [5.41, 5.74) is 7.78. The average Bonchev–Trinajstić information content (AvgIpc) is 2.96. The highest BCUT2D eigenvalue weighted by molar-refractivity contribution is 5.79. The second-order valence-electron chi connectivity index (χ2n) is 4.31. The van der Waals surface area contributed by atoms with Crippen molar-refractivity contribution in [3.05, 3.63) is 35.7 Å². The number of nitrogens with zero attached hydrogens (tertiary/aromatic N) is 4. The van der Waals surface area contributed by atoms with Gasteiger partial charge in [-0.15, -0.1) is 0 Å². The topological polar surface area (TPSA) is 82.8 Å². The minimum Gasteiger partial charge on any atom is -0.369 e. The Labute approximate surface area is 108 Å². The van der Waals surface area contributed by atoms with Crippen LogP contribution in [0.2, 0.25) is 0 Å². The largest absolute Gasteiger partial charge is 0.369 e. The number of halogens is 1. The summed E-state index contributed by atoms with van der Waals surface area (Å²) in [4.78, 5) is 8.10. The maximum Gasteiger partial charge on any atom is 0.213 e. The number of hydrogen-bond donors (Lipinski definition) is 1. The Balaban J connectivity index is 1.98. The Morgan fingerprint density at radius 2 is 2.26 bits per heavy atom. The fourth-order valence-corrected chi connectivity index (χ4v) is 2.02. The fourth-order valence-electron chi connectivity index (χ4n) is 2.02. The van der Waals surface area contributed by atoms with Crippen molar-refractivity contribution in [1.29, 1.82) is 0 Å². The third-order valence-corrected chi connectivity index (χ3v) is 3.02. The number of nitrogen functional groups attached to an aromatic ring is 1. The molecule has 0 saturated carbocycles. The lowest BCUT2D eigenvalue weighted by molar-refractivity contribution is 0.408. The Hall–Kier alpha value is -2.44. The Bertz CT molecular complexity index is 719. The molecule has 2 aromatic heterocycles. The lowest BCUT2D eigenvalue weighted by Gasteiger charge is -2.05. The first-order valence-electron chi connectivity index (χ1n) is 5.82. The van der Waals surface area contributed by atoms with E-state index in [1.165, 1.54) is 12.5 Å². The van der Waals surface area contributed by atoms with Gasteiger partial charge in [0.15, 0.2) is 5.82 Å². The molecular weight excluding hydrogens is 249 g/mol. The van der Waals surface area contributed by atoms with E-state index in [2.05, 4.69) is 19.6 Å². The molecule has 6 nitrogen and oxygen atoms in total. The van der Waals surface area contributed by atoms with Gasteiger partial charge in [0.05, 0.1) is 11.0 Å². The zero-order valence-electron chi connectivity index (χ0n) is 10.3. The summed E-state index contributed by atoms with van der Waals surface area (Å²) in [6.45, 7) is 2.27. The summed E-state index contributed by atoms with van der Waals surface area (Å²) >= 11 is 0. The van der Waals surface area contributed by atoms with Crippen molar-refractivity contribution in [2.45, 2.75) is 19.9 Å². The van der Waals surface area contributed by atoms with E-state index in [1.54, 1.807) is 13.0 Å². The maximum atomic E-state index is 13.5. The molecular formula is C12H12FN5O. The van der Waals surface area contributed by atoms with Crippen molar-refractivity contribution < 1.29 is 8.91 Å². The maximum absolute atomic E-state index is 13.5. The lowest BCUT2D eigenvalue weighted by Crippen LogP contribution is -2.06. The van der Waals surface area contributed by atoms with Crippen molar-refractivity contribution >= 4 is 17.0 Å². The van der Waals surface area contributed by atoms with Crippen molar-refractivity contribution in [2.75, 3.05) is 5.73 Å². The number of aromatic nitrogens is 4. The first kappa shape index (κ1) is 11.6. The molecule has 3 aromatic rings. The van der Waals surface area contributed by atoms with Crippen LogP contribution in [-0.2, 0) is 13.0 Å². The summed E-state index contributed by atoms with van der Waals surface area (Å²) in [5, 5.41) is 3.74. The molecule has 0 saturated heterocycles. The number of aryl methyl sites for hydroxylation is 3. The summed E-state index contributed by atoms with van der Waals surface area (Å²) in [5.74, 6) is 0.666. The highest BCUT2D eigenvalue weighted by atomic mass is 19.1. The first-order chi connectivity index (χ1) is 9.15. The summed E-state index contributed by atoms with van der Waals surface area (Å²) in [6, 6.07) is 3.14. The molecule has 0 amide bonds. The highest BCUT2D eigenvalue weighted by Crippen LogP contribution is 2.21. The van der Waals surface area contributed by atoms with Gasteiger partial charge in [-0.1, -0.05) is 5.16 Å². The van der Waals surface area contributed by atoms with Gasteiger partial charge in [-0.2, -0.15) is 4.98 Å². The van der Waals surface area contributed by atoms with E-state index in [-0.39, 0.29) is 5.82 Å². The molecule has 3 rings (SSSR count). The van der Waals surface area contributed by atoms with Gasteiger partial charge in [0, 0.05) is 19.0 Å². The van der Waals surface area contributed by atoms with Crippen LogP contribution in [0.3, 0.4) is 0 Å². The van der Waals surface area contributed by atoms with Crippen LogP contribution < -0.4 is 5.73 Å². The van der Waals surface area contributed by atoms with Crippen LogP contribution in [0.15, 0.2) is 23.0 Å². The van der Waals surface area contributed by atoms with E-state index in [4.69, 9.17) is 5.73 Å². The summed E-state index contributed by atoms with van der Waals surface area (Å²) in [7, 11) is 0. The SMILES string of the molecule is Cc1cc2c(cc1F)nc(N)n2CCc1ncon1. The van der Waals surface area contributed by atoms with E-state index in [9.17, 15) is 4.39 Å². The molecule has 0 aliphatic heterocycles. The van der Waals surface area contributed by atoms with Gasteiger partial charge in [-0.25, -0.2) is 9.37 Å². The van der Waals surface area contributed by atoms with Gasteiger partial charge in [0.25, 0.3) is 0 Å². The molecule has 98 valence electrons. The van der Waals surface area contributed by atoms with Crippen molar-refractivity contribution in [3.63, 3.8) is 0 Å². The molecule has 1 aromatic carbocycles. The predicted molar refractivity (Wildman–Crippen MR) is 66.8 cm³/mol. The second-order valence-corrected chi connectivity index (χ2v) is 4.31. The van der Waals surface area contributed by atoms with E-state index in [0.717, 1.165) is 5.52 Å². The third kappa shape index (κ3) is 2.03. The van der Waals surface area contributed by atoms with Crippen molar-refractivity contribution in [1.82, 2.24) is 19.7 Å². The number of fused-ring (bicyclic) bond motifs is 1. The van der Waals surface area contributed by atoms with E-state index in [1.807, 2.05) is 4.57 Å². The summed E-state index contributed by atoms with van der Waals surface area (Å²) in [6.07, 6.45) is 1.85. The average molecular weight is 261 g/mol. The molecule has 2 N–H and O–H groups in total. The number of nitrogens with two attached hydrogens (primary N) is 1. The minimum absolute atomic E-state index is 0.282. The quantitative estimate of drug-likeness (QED) is 0.775. The van der Waals surface area contributed by atoms with Gasteiger partial charge in [-0.3, -0.25) is 0 Å². The van der Waals surface area contributed by atoms with Gasteiger partial charge in [0.2, 0.25) is 12.3 Å². The molecule has 0 radical (unpaired) electrons. The molecule has 0 unspecified atom stereocenters. The minimum atomic E-state index is -0.282. The van der Waals surface area contributed by atoms with Crippen LogP contribution in [0.4, 0.5) is 10.3 Å². The normalized spacial score (nSPS) is 11.3. The smallest absolute Gasteiger partial charge is 0.213 e. The molecule has 0 aliphatic rings. The molecule has 0 fully saturated rings. The summed E-state index contributed by atoms with van der Waals surface area (Å²) < 4.78 is 20.0. The van der Waals surface area contributed by atoms with Gasteiger partial charge in [0.1, 0.15) is 5.82 Å². The van der Waals surface area contributed by atoms with Gasteiger partial charge < -0.3 is 14.8 Å². The number of imidazole rings is 1. The number of rotatable bonds is 3. The Kier molecular flexibility index (Phi) is 2.66. The number of hydrogen-bond acceptors (Lipinski definition) is 5. The molecule has 0 atom stereocenters. The third-order valence-electron chi connectivity index (χ3n) is 3.02. The molecule has 7 heteroatoms. The Morgan fingerprint density at radius 3 is 3.00 bits per heavy atom. The van der Waals surface area contributed by atoms with Crippen LogP contribution in [0.25, 0.3) is 11.0 Å². The predicted octanol–water partition coefficient (Wildman–Crippen LogP) is 1.69.